The van der Waals surface area contributed by atoms with Gasteiger partial charge in [0.1, 0.15) is 12.4 Å². The normalized spacial score (nSPS) is 10.3. The molecule has 5 nitrogen and oxygen atoms in total. The maximum absolute atomic E-state index is 12.1. The van der Waals surface area contributed by atoms with Crippen LogP contribution in [-0.4, -0.2) is 18.5 Å². The van der Waals surface area contributed by atoms with Crippen LogP contribution >= 0.6 is 22.9 Å². The molecular formula is C21H18ClNO4S. The monoisotopic (exact) mass is 415 g/mol. The third-order valence-corrected chi connectivity index (χ3v) is 4.91. The van der Waals surface area contributed by atoms with Gasteiger partial charge in [-0.1, -0.05) is 29.8 Å². The second-order valence-electron chi connectivity index (χ2n) is 5.87. The van der Waals surface area contributed by atoms with Crippen LogP contribution in [0.15, 0.2) is 66.0 Å². The fraction of sp³-hybridized carbons (Fsp3) is 0.143. The van der Waals surface area contributed by atoms with E-state index in [9.17, 15) is 9.59 Å². The second kappa shape index (κ2) is 9.92. The smallest absolute Gasteiger partial charge is 0.338 e. The number of benzene rings is 2. The van der Waals surface area contributed by atoms with E-state index in [-0.39, 0.29) is 12.5 Å². The zero-order valence-electron chi connectivity index (χ0n) is 14.9. The van der Waals surface area contributed by atoms with Crippen LogP contribution in [0, 0.1) is 0 Å². The molecule has 0 saturated heterocycles. The van der Waals surface area contributed by atoms with Crippen LogP contribution in [0.3, 0.4) is 0 Å². The fourth-order valence-corrected chi connectivity index (χ4v) is 3.07. The van der Waals surface area contributed by atoms with E-state index in [1.807, 2.05) is 17.5 Å². The van der Waals surface area contributed by atoms with Gasteiger partial charge in [0, 0.05) is 9.90 Å². The minimum Gasteiger partial charge on any atom is -0.489 e. The number of halogens is 1. The summed E-state index contributed by atoms with van der Waals surface area (Å²) in [6, 6.07) is 17.8. The highest BCUT2D eigenvalue weighted by molar-refractivity contribution is 7.09. The van der Waals surface area contributed by atoms with Crippen LogP contribution in [0.1, 0.15) is 20.8 Å². The number of carbonyl (C=O) groups excluding carboxylic acids is 2. The summed E-state index contributed by atoms with van der Waals surface area (Å²) in [6.07, 6.45) is 0. The van der Waals surface area contributed by atoms with Gasteiger partial charge in [-0.15, -0.1) is 11.3 Å². The lowest BCUT2D eigenvalue weighted by molar-refractivity contribution is -0.124. The van der Waals surface area contributed by atoms with Gasteiger partial charge in [0.05, 0.1) is 12.1 Å². The maximum atomic E-state index is 12.1. The van der Waals surface area contributed by atoms with Crippen molar-refractivity contribution in [3.05, 3.63) is 87.1 Å². The summed E-state index contributed by atoms with van der Waals surface area (Å²) in [4.78, 5) is 24.9. The number of esters is 1. The number of thiophene rings is 1. The Morgan fingerprint density at radius 1 is 1.00 bits per heavy atom. The predicted octanol–water partition coefficient (Wildman–Crippen LogP) is 4.45. The lowest BCUT2D eigenvalue weighted by Crippen LogP contribution is -2.28. The first-order valence-corrected chi connectivity index (χ1v) is 9.79. The highest BCUT2D eigenvalue weighted by Gasteiger charge is 2.10. The second-order valence-corrected chi connectivity index (χ2v) is 7.34. The molecule has 1 heterocycles. The Labute approximate surface area is 171 Å². The van der Waals surface area contributed by atoms with Crippen molar-refractivity contribution in [3.63, 3.8) is 0 Å². The molecule has 1 amide bonds. The van der Waals surface area contributed by atoms with Crippen molar-refractivity contribution in [2.24, 2.45) is 0 Å². The number of rotatable bonds is 8. The first-order chi connectivity index (χ1) is 13.6. The van der Waals surface area contributed by atoms with Crippen molar-refractivity contribution in [2.45, 2.75) is 13.2 Å². The minimum absolute atomic E-state index is 0.314. The molecule has 2 aromatic carbocycles. The summed E-state index contributed by atoms with van der Waals surface area (Å²) < 4.78 is 10.7. The summed E-state index contributed by atoms with van der Waals surface area (Å²) in [5.41, 5.74) is 1.28. The lowest BCUT2D eigenvalue weighted by atomic mass is 10.1. The molecule has 1 aromatic heterocycles. The first-order valence-electron chi connectivity index (χ1n) is 8.53. The number of ether oxygens (including phenoxy) is 2. The molecule has 1 N–H and O–H groups in total. The van der Waals surface area contributed by atoms with E-state index in [1.54, 1.807) is 59.9 Å². The molecular weight excluding hydrogens is 398 g/mol. The Hall–Kier alpha value is -2.83. The van der Waals surface area contributed by atoms with E-state index in [0.717, 1.165) is 10.4 Å². The summed E-state index contributed by atoms with van der Waals surface area (Å²) in [7, 11) is 0. The van der Waals surface area contributed by atoms with Crippen LogP contribution in [-0.2, 0) is 22.7 Å². The van der Waals surface area contributed by atoms with Crippen molar-refractivity contribution < 1.29 is 19.1 Å². The van der Waals surface area contributed by atoms with Crippen LogP contribution in [0.2, 0.25) is 5.02 Å². The Balaban J connectivity index is 1.42. The molecule has 0 saturated carbocycles. The van der Waals surface area contributed by atoms with Crippen LogP contribution in [0.4, 0.5) is 0 Å². The number of carbonyl (C=O) groups is 2. The van der Waals surface area contributed by atoms with E-state index < -0.39 is 5.97 Å². The van der Waals surface area contributed by atoms with Gasteiger partial charge in [0.25, 0.3) is 5.91 Å². The molecule has 28 heavy (non-hydrogen) atoms. The summed E-state index contributed by atoms with van der Waals surface area (Å²) in [6.45, 7) is 0.476. The molecule has 0 unspecified atom stereocenters. The molecule has 0 fully saturated rings. The average Bonchev–Trinajstić information content (AvgIpc) is 3.24. The van der Waals surface area contributed by atoms with E-state index >= 15 is 0 Å². The fourth-order valence-electron chi connectivity index (χ4n) is 2.30. The van der Waals surface area contributed by atoms with Gasteiger partial charge >= 0.3 is 5.97 Å². The van der Waals surface area contributed by atoms with Crippen molar-refractivity contribution >= 4 is 34.8 Å². The predicted molar refractivity (Wildman–Crippen MR) is 109 cm³/mol. The summed E-state index contributed by atoms with van der Waals surface area (Å²) in [5, 5.41) is 5.29. The topological polar surface area (TPSA) is 64.6 Å². The van der Waals surface area contributed by atoms with Gasteiger partial charge in [-0.25, -0.2) is 4.79 Å². The summed E-state index contributed by atoms with van der Waals surface area (Å²) in [5.74, 6) is -0.173. The van der Waals surface area contributed by atoms with E-state index in [1.165, 1.54) is 0 Å². The van der Waals surface area contributed by atoms with Gasteiger partial charge in [-0.05, 0) is 53.4 Å². The Kier molecular flexibility index (Phi) is 7.06. The number of amides is 1. The first kappa shape index (κ1) is 19.9. The molecule has 0 spiro atoms. The molecule has 0 aliphatic rings. The van der Waals surface area contributed by atoms with Crippen LogP contribution in [0.5, 0.6) is 5.75 Å². The highest BCUT2D eigenvalue weighted by Crippen LogP contribution is 2.17. The molecule has 7 heteroatoms. The maximum Gasteiger partial charge on any atom is 0.338 e. The third-order valence-electron chi connectivity index (χ3n) is 3.78. The van der Waals surface area contributed by atoms with Gasteiger partial charge < -0.3 is 14.8 Å². The highest BCUT2D eigenvalue weighted by atomic mass is 35.5. The minimum atomic E-state index is -0.545. The largest absolute Gasteiger partial charge is 0.489 e. The molecule has 144 valence electrons. The molecule has 0 radical (unpaired) electrons. The van der Waals surface area contributed by atoms with E-state index in [0.29, 0.717) is 29.5 Å². The number of hydrogen-bond acceptors (Lipinski definition) is 5. The van der Waals surface area contributed by atoms with E-state index in [4.69, 9.17) is 21.1 Å². The zero-order valence-corrected chi connectivity index (χ0v) is 16.5. The molecule has 3 rings (SSSR count). The van der Waals surface area contributed by atoms with Gasteiger partial charge in [0.2, 0.25) is 0 Å². The quantitative estimate of drug-likeness (QED) is 0.552. The van der Waals surface area contributed by atoms with Gasteiger partial charge in [0.15, 0.2) is 6.61 Å². The molecule has 0 aliphatic heterocycles. The number of hydrogen-bond donors (Lipinski definition) is 1. The Morgan fingerprint density at radius 2 is 1.75 bits per heavy atom. The summed E-state index contributed by atoms with van der Waals surface area (Å²) >= 11 is 7.39. The van der Waals surface area contributed by atoms with Crippen LogP contribution < -0.4 is 10.1 Å². The standard InChI is InChI=1S/C21H18ClNO4S/c22-17-7-9-18(10-8-17)26-13-15-3-5-16(6-4-15)21(25)27-14-20(24)23-12-19-2-1-11-28-19/h1-11H,12-14H2,(H,23,24). The molecule has 0 atom stereocenters. The molecule has 0 aliphatic carbocycles. The number of nitrogens with one attached hydrogen (secondary N) is 1. The SMILES string of the molecule is O=C(COC(=O)c1ccc(COc2ccc(Cl)cc2)cc1)NCc1cccs1. The van der Waals surface area contributed by atoms with Crippen molar-refractivity contribution in [2.75, 3.05) is 6.61 Å². The zero-order chi connectivity index (χ0) is 19.8. The average molecular weight is 416 g/mol. The lowest BCUT2D eigenvalue weighted by Gasteiger charge is -2.08. The molecule has 0 bridgehead atoms. The Bertz CT molecular complexity index is 909. The van der Waals surface area contributed by atoms with Gasteiger partial charge in [-0.2, -0.15) is 0 Å². The Morgan fingerprint density at radius 3 is 2.43 bits per heavy atom. The van der Waals surface area contributed by atoms with Crippen molar-refractivity contribution in [1.29, 1.82) is 0 Å². The van der Waals surface area contributed by atoms with Crippen molar-refractivity contribution in [1.82, 2.24) is 5.32 Å². The van der Waals surface area contributed by atoms with Crippen LogP contribution in [0.25, 0.3) is 0 Å². The van der Waals surface area contributed by atoms with E-state index in [2.05, 4.69) is 5.32 Å². The van der Waals surface area contributed by atoms with Gasteiger partial charge in [-0.3, -0.25) is 4.79 Å². The van der Waals surface area contributed by atoms with Crippen molar-refractivity contribution in [3.8, 4) is 5.75 Å². The molecule has 3 aromatic rings. The third kappa shape index (κ3) is 6.11.